The fourth-order valence-electron chi connectivity index (χ4n) is 2.68. The molecule has 6 heteroatoms. The van der Waals surface area contributed by atoms with Gasteiger partial charge >= 0.3 is 0 Å². The van der Waals surface area contributed by atoms with Crippen molar-refractivity contribution in [1.82, 2.24) is 0 Å². The summed E-state index contributed by atoms with van der Waals surface area (Å²) in [6.45, 7) is 0.859. The maximum atomic E-state index is 10.6. The molecule has 1 fully saturated rings. The molecule has 2 aromatic rings. The maximum absolute atomic E-state index is 10.6. The van der Waals surface area contributed by atoms with Crippen molar-refractivity contribution in [2.75, 3.05) is 18.0 Å². The minimum absolute atomic E-state index is 0.0755. The summed E-state index contributed by atoms with van der Waals surface area (Å²) in [6, 6.07) is 14.2. The molecule has 1 saturated heterocycles. The standard InChI is InChI=1S/C18H18N2O4/c21-17-11-19(12-18(17)22)15-7-3-13(4-8-15)1-2-14-5-9-16(10-6-14)20(23)24/h1-10,17-18,21-22H,11-12H2. The van der Waals surface area contributed by atoms with Gasteiger partial charge in [0, 0.05) is 30.9 Å². The van der Waals surface area contributed by atoms with Crippen LogP contribution < -0.4 is 4.90 Å². The zero-order valence-electron chi connectivity index (χ0n) is 12.9. The molecule has 1 aliphatic rings. The first-order chi connectivity index (χ1) is 11.5. The molecule has 2 aromatic carbocycles. The van der Waals surface area contributed by atoms with Gasteiger partial charge in [0.2, 0.25) is 0 Å². The Morgan fingerprint density at radius 2 is 1.38 bits per heavy atom. The number of benzene rings is 2. The van der Waals surface area contributed by atoms with E-state index in [1.165, 1.54) is 12.1 Å². The summed E-state index contributed by atoms with van der Waals surface area (Å²) in [5.74, 6) is 0. The second kappa shape index (κ2) is 6.82. The summed E-state index contributed by atoms with van der Waals surface area (Å²) in [5, 5.41) is 29.8. The molecule has 0 bridgehead atoms. The topological polar surface area (TPSA) is 86.8 Å². The van der Waals surface area contributed by atoms with Crippen LogP contribution >= 0.6 is 0 Å². The zero-order valence-corrected chi connectivity index (χ0v) is 12.9. The Morgan fingerprint density at radius 1 is 0.917 bits per heavy atom. The highest BCUT2D eigenvalue weighted by atomic mass is 16.6. The number of aliphatic hydroxyl groups excluding tert-OH is 2. The highest BCUT2D eigenvalue weighted by molar-refractivity contribution is 5.71. The predicted molar refractivity (Wildman–Crippen MR) is 92.7 cm³/mol. The first kappa shape index (κ1) is 16.2. The van der Waals surface area contributed by atoms with Crippen molar-refractivity contribution in [3.05, 3.63) is 69.8 Å². The van der Waals surface area contributed by atoms with E-state index in [1.807, 2.05) is 41.3 Å². The van der Waals surface area contributed by atoms with E-state index in [9.17, 15) is 20.3 Å². The number of nitro groups is 1. The van der Waals surface area contributed by atoms with Gasteiger partial charge in [0.15, 0.2) is 0 Å². The van der Waals surface area contributed by atoms with Gasteiger partial charge in [-0.2, -0.15) is 0 Å². The molecule has 2 N–H and O–H groups in total. The van der Waals surface area contributed by atoms with E-state index in [2.05, 4.69) is 0 Å². The van der Waals surface area contributed by atoms with E-state index in [0.717, 1.165) is 16.8 Å². The fraction of sp³-hybridized carbons (Fsp3) is 0.222. The fourth-order valence-corrected chi connectivity index (χ4v) is 2.68. The number of nitro benzene ring substituents is 1. The third-order valence-electron chi connectivity index (χ3n) is 4.09. The molecule has 124 valence electrons. The molecule has 0 spiro atoms. The number of nitrogens with zero attached hydrogens (tertiary/aromatic N) is 2. The van der Waals surface area contributed by atoms with Gasteiger partial charge in [-0.1, -0.05) is 24.3 Å². The molecule has 0 saturated carbocycles. The van der Waals surface area contributed by atoms with Crippen LogP contribution in [0.25, 0.3) is 12.2 Å². The third kappa shape index (κ3) is 3.61. The number of β-amino-alcohol motifs (C(OH)–C–C–N with tert-alkyl or cyclic N) is 2. The van der Waals surface area contributed by atoms with Gasteiger partial charge in [-0.15, -0.1) is 0 Å². The minimum atomic E-state index is -0.702. The number of hydrogen-bond donors (Lipinski definition) is 2. The molecule has 0 aromatic heterocycles. The zero-order chi connectivity index (χ0) is 17.1. The van der Waals surface area contributed by atoms with Crippen molar-refractivity contribution in [3.63, 3.8) is 0 Å². The summed E-state index contributed by atoms with van der Waals surface area (Å²) in [7, 11) is 0. The van der Waals surface area contributed by atoms with Crippen LogP contribution in [-0.4, -0.2) is 40.4 Å². The molecule has 2 atom stereocenters. The number of hydrogen-bond acceptors (Lipinski definition) is 5. The summed E-state index contributed by atoms with van der Waals surface area (Å²) in [6.07, 6.45) is 2.42. The van der Waals surface area contributed by atoms with Crippen molar-refractivity contribution in [2.24, 2.45) is 0 Å². The lowest BCUT2D eigenvalue weighted by molar-refractivity contribution is -0.384. The number of rotatable bonds is 4. The lowest BCUT2D eigenvalue weighted by Crippen LogP contribution is -2.22. The van der Waals surface area contributed by atoms with Crippen molar-refractivity contribution in [3.8, 4) is 0 Å². The Hall–Kier alpha value is -2.70. The lowest BCUT2D eigenvalue weighted by Gasteiger charge is -2.17. The van der Waals surface area contributed by atoms with Crippen molar-refractivity contribution < 1.29 is 15.1 Å². The van der Waals surface area contributed by atoms with Gasteiger partial charge in [0.05, 0.1) is 17.1 Å². The Bertz CT molecular complexity index is 731. The largest absolute Gasteiger partial charge is 0.389 e. The van der Waals surface area contributed by atoms with E-state index in [1.54, 1.807) is 12.1 Å². The number of aliphatic hydroxyl groups is 2. The second-order valence-corrected chi connectivity index (χ2v) is 5.81. The van der Waals surface area contributed by atoms with Gasteiger partial charge in [0.1, 0.15) is 0 Å². The predicted octanol–water partition coefficient (Wildman–Crippen LogP) is 2.31. The average molecular weight is 326 g/mol. The maximum Gasteiger partial charge on any atom is 0.269 e. The Balaban J connectivity index is 1.66. The third-order valence-corrected chi connectivity index (χ3v) is 4.09. The SMILES string of the molecule is O=[N+]([O-])c1ccc(C=Cc2ccc(N3CC(O)C(O)C3)cc2)cc1. The Morgan fingerprint density at radius 3 is 1.83 bits per heavy atom. The highest BCUT2D eigenvalue weighted by Crippen LogP contribution is 2.22. The van der Waals surface area contributed by atoms with Crippen molar-refractivity contribution in [2.45, 2.75) is 12.2 Å². The Kier molecular flexibility index (Phi) is 4.59. The van der Waals surface area contributed by atoms with E-state index in [4.69, 9.17) is 0 Å². The Labute approximate surface area is 139 Å². The molecular weight excluding hydrogens is 308 g/mol. The van der Waals surface area contributed by atoms with Gasteiger partial charge in [-0.25, -0.2) is 0 Å². The molecule has 0 amide bonds. The average Bonchev–Trinajstić information content (AvgIpc) is 2.93. The molecule has 1 aliphatic heterocycles. The van der Waals surface area contributed by atoms with Crippen LogP contribution in [0.3, 0.4) is 0 Å². The number of non-ortho nitro benzene ring substituents is 1. The van der Waals surface area contributed by atoms with Gasteiger partial charge in [-0.3, -0.25) is 10.1 Å². The summed E-state index contributed by atoms with van der Waals surface area (Å²) in [5.41, 5.74) is 2.91. The first-order valence-electron chi connectivity index (χ1n) is 7.66. The van der Waals surface area contributed by atoms with E-state index < -0.39 is 17.1 Å². The summed E-state index contributed by atoms with van der Waals surface area (Å²) < 4.78 is 0. The van der Waals surface area contributed by atoms with Crippen molar-refractivity contribution in [1.29, 1.82) is 0 Å². The number of anilines is 1. The lowest BCUT2D eigenvalue weighted by atomic mass is 10.1. The molecule has 2 unspecified atom stereocenters. The monoisotopic (exact) mass is 326 g/mol. The quantitative estimate of drug-likeness (QED) is 0.511. The summed E-state index contributed by atoms with van der Waals surface area (Å²) >= 11 is 0. The smallest absolute Gasteiger partial charge is 0.269 e. The normalized spacial score (nSPS) is 20.7. The van der Waals surface area contributed by atoms with Gasteiger partial charge < -0.3 is 15.1 Å². The molecule has 24 heavy (non-hydrogen) atoms. The molecule has 6 nitrogen and oxygen atoms in total. The molecule has 1 heterocycles. The van der Waals surface area contributed by atoms with Crippen LogP contribution in [0.5, 0.6) is 0 Å². The van der Waals surface area contributed by atoms with E-state index in [-0.39, 0.29) is 5.69 Å². The van der Waals surface area contributed by atoms with E-state index in [0.29, 0.717) is 13.1 Å². The first-order valence-corrected chi connectivity index (χ1v) is 7.66. The molecule has 0 radical (unpaired) electrons. The molecule has 0 aliphatic carbocycles. The minimum Gasteiger partial charge on any atom is -0.389 e. The van der Waals surface area contributed by atoms with Crippen LogP contribution in [0.2, 0.25) is 0 Å². The molecular formula is C18H18N2O4. The summed E-state index contributed by atoms with van der Waals surface area (Å²) in [4.78, 5) is 12.2. The van der Waals surface area contributed by atoms with Crippen LogP contribution in [0.1, 0.15) is 11.1 Å². The second-order valence-electron chi connectivity index (χ2n) is 5.81. The van der Waals surface area contributed by atoms with Crippen LogP contribution in [0, 0.1) is 10.1 Å². The van der Waals surface area contributed by atoms with Crippen molar-refractivity contribution >= 4 is 23.5 Å². The highest BCUT2D eigenvalue weighted by Gasteiger charge is 2.29. The van der Waals surface area contributed by atoms with Gasteiger partial charge in [0.25, 0.3) is 5.69 Å². The van der Waals surface area contributed by atoms with Crippen LogP contribution in [0.4, 0.5) is 11.4 Å². The molecule has 3 rings (SSSR count). The van der Waals surface area contributed by atoms with Gasteiger partial charge in [-0.05, 0) is 35.4 Å². The van der Waals surface area contributed by atoms with E-state index >= 15 is 0 Å². The van der Waals surface area contributed by atoms with Crippen LogP contribution in [-0.2, 0) is 0 Å². The van der Waals surface area contributed by atoms with Crippen LogP contribution in [0.15, 0.2) is 48.5 Å².